The van der Waals surface area contributed by atoms with Gasteiger partial charge in [0.05, 0.1) is 4.11 Å². The SMILES string of the molecule is [2H]c1nc(-n2c3[c-]c(Oc4[c-]c(N5[CH-]N(c6c(-c7ccccc7)cccc6-c6ccccc6)c6nccnc65)ccc4)ccc3c3ccccc32)c([2H])c(C(C)(C)C)c1[2H].[Pt]. The Bertz CT molecular complexity index is 3040. The fourth-order valence-electron chi connectivity index (χ4n) is 7.43. The van der Waals surface area contributed by atoms with Gasteiger partial charge in [-0.15, -0.1) is 42.4 Å². The molecule has 7 nitrogen and oxygen atoms in total. The summed E-state index contributed by atoms with van der Waals surface area (Å²) in [4.78, 5) is 18.3. The van der Waals surface area contributed by atoms with Gasteiger partial charge in [-0.3, -0.25) is 0 Å². The van der Waals surface area contributed by atoms with E-state index >= 15 is 0 Å². The van der Waals surface area contributed by atoms with Crippen LogP contribution in [0, 0.1) is 18.8 Å². The molecule has 0 aliphatic carbocycles. The molecular weight excluding hydrogens is 896 g/mol. The fourth-order valence-corrected chi connectivity index (χ4v) is 7.43. The molecule has 0 atom stereocenters. The monoisotopic (exact) mass is 935 g/mol. The maximum atomic E-state index is 9.28. The molecule has 1 aliphatic heterocycles. The summed E-state index contributed by atoms with van der Waals surface area (Å²) >= 11 is 0. The van der Waals surface area contributed by atoms with Crippen molar-refractivity contribution < 1.29 is 29.9 Å². The molecule has 4 heterocycles. The van der Waals surface area contributed by atoms with E-state index in [-0.39, 0.29) is 45.1 Å². The molecule has 58 heavy (non-hydrogen) atoms. The second kappa shape index (κ2) is 15.1. The summed E-state index contributed by atoms with van der Waals surface area (Å²) in [5.74, 6) is 2.48. The number of nitrogens with zero attached hydrogens (tertiary/aromatic N) is 6. The fraction of sp³-hybridized carbons (Fsp3) is 0.0800. The van der Waals surface area contributed by atoms with Gasteiger partial charge in [-0.2, -0.15) is 12.1 Å². The van der Waals surface area contributed by atoms with Crippen LogP contribution in [0.1, 0.15) is 30.4 Å². The van der Waals surface area contributed by atoms with E-state index < -0.39 is 5.41 Å². The molecule has 0 bridgehead atoms. The molecule has 6 aromatic carbocycles. The number of pyridine rings is 1. The summed E-state index contributed by atoms with van der Waals surface area (Å²) in [5, 5.41) is 1.84. The quantitative estimate of drug-likeness (QED) is 0.148. The largest absolute Gasteiger partial charge is 0.509 e. The second-order valence-electron chi connectivity index (χ2n) is 14.9. The third-order valence-corrected chi connectivity index (χ3v) is 10.1. The molecule has 8 heteroatoms. The van der Waals surface area contributed by atoms with Crippen molar-refractivity contribution >= 4 is 44.8 Å². The van der Waals surface area contributed by atoms with Gasteiger partial charge in [0.1, 0.15) is 17.5 Å². The van der Waals surface area contributed by atoms with Crippen LogP contribution in [0.5, 0.6) is 11.5 Å². The predicted octanol–water partition coefficient (Wildman–Crippen LogP) is 12.4. The number of anilines is 4. The molecule has 9 aromatic rings. The topological polar surface area (TPSA) is 59.3 Å². The Labute approximate surface area is 356 Å². The number of ether oxygens (including phenoxy) is 1. The van der Waals surface area contributed by atoms with Crippen molar-refractivity contribution in [1.29, 1.82) is 0 Å². The molecule has 286 valence electrons. The van der Waals surface area contributed by atoms with Crippen LogP contribution in [0.3, 0.4) is 0 Å². The number of benzene rings is 6. The van der Waals surface area contributed by atoms with Gasteiger partial charge in [-0.25, -0.2) is 15.0 Å². The Balaban J connectivity index is 0.00000476. The van der Waals surface area contributed by atoms with E-state index in [9.17, 15) is 1.37 Å². The summed E-state index contributed by atoms with van der Waals surface area (Å²) in [6.07, 6.45) is 3.22. The van der Waals surface area contributed by atoms with E-state index in [1.807, 2.05) is 128 Å². The molecule has 10 rings (SSSR count). The maximum absolute atomic E-state index is 9.28. The van der Waals surface area contributed by atoms with Crippen LogP contribution < -0.4 is 14.5 Å². The van der Waals surface area contributed by atoms with Crippen LogP contribution in [0.25, 0.3) is 49.9 Å². The average Bonchev–Trinajstić information content (AvgIpc) is 3.81. The molecule has 0 spiro atoms. The molecule has 0 amide bonds. The third kappa shape index (κ3) is 6.61. The molecule has 0 saturated heterocycles. The maximum Gasteiger partial charge on any atom is 0.145 e. The first-order valence-electron chi connectivity index (χ1n) is 20.3. The Morgan fingerprint density at radius 1 is 0.638 bits per heavy atom. The Hall–Kier alpha value is -6.56. The zero-order valence-corrected chi connectivity index (χ0v) is 34.1. The Kier molecular flexibility index (Phi) is 8.72. The first kappa shape index (κ1) is 33.6. The van der Waals surface area contributed by atoms with Crippen LogP contribution in [0.2, 0.25) is 0 Å². The number of aromatic nitrogens is 4. The van der Waals surface area contributed by atoms with E-state index in [1.54, 1.807) is 12.4 Å². The van der Waals surface area contributed by atoms with Gasteiger partial charge in [-0.05, 0) is 45.6 Å². The molecule has 0 radical (unpaired) electrons. The van der Waals surface area contributed by atoms with E-state index in [1.165, 1.54) is 0 Å². The minimum absolute atomic E-state index is 0. The van der Waals surface area contributed by atoms with Crippen molar-refractivity contribution in [1.82, 2.24) is 19.5 Å². The van der Waals surface area contributed by atoms with Gasteiger partial charge in [-0.1, -0.05) is 129 Å². The van der Waals surface area contributed by atoms with Crippen molar-refractivity contribution in [2.45, 2.75) is 26.2 Å². The Morgan fingerprint density at radius 3 is 1.98 bits per heavy atom. The predicted molar refractivity (Wildman–Crippen MR) is 229 cm³/mol. The zero-order chi connectivity index (χ0) is 41.1. The first-order valence-corrected chi connectivity index (χ1v) is 18.8. The van der Waals surface area contributed by atoms with Crippen LogP contribution in [-0.2, 0) is 26.5 Å². The summed E-state index contributed by atoms with van der Waals surface area (Å²) in [7, 11) is 0. The van der Waals surface area contributed by atoms with Crippen LogP contribution >= 0.6 is 0 Å². The van der Waals surface area contributed by atoms with Gasteiger partial charge in [0.25, 0.3) is 0 Å². The molecule has 0 N–H and O–H groups in total. The van der Waals surface area contributed by atoms with Crippen molar-refractivity contribution in [2.75, 3.05) is 9.80 Å². The number of rotatable bonds is 7. The standard InChI is InChI=1S/C50H37N6O.Pt/c1-50(2,3)36-26-27-51-46(30-36)56-44-23-11-10-20-42(44)43-25-24-39(32-45(43)56)57-38-19-12-18-37(31-38)54-33-55(49-48(54)52-28-29-53-49)47-40(34-14-6-4-7-15-34)21-13-22-41(47)35-16-8-5-9-17-35;/h4-30,33H,1-3H3;/q-3;/i26D,27D,30D;. The number of hydrogen-bond donors (Lipinski definition) is 0. The molecule has 1 aliphatic rings. The van der Waals surface area contributed by atoms with Gasteiger partial charge in [0.2, 0.25) is 0 Å². The van der Waals surface area contributed by atoms with Crippen LogP contribution in [0.4, 0.5) is 23.0 Å². The molecule has 0 unspecified atom stereocenters. The Morgan fingerprint density at radius 2 is 1.28 bits per heavy atom. The van der Waals surface area contributed by atoms with Crippen molar-refractivity contribution in [3.8, 4) is 39.6 Å². The van der Waals surface area contributed by atoms with Crippen LogP contribution in [0.15, 0.2) is 164 Å². The van der Waals surface area contributed by atoms with Crippen molar-refractivity contribution in [3.63, 3.8) is 0 Å². The minimum atomic E-state index is -0.551. The van der Waals surface area contributed by atoms with Crippen molar-refractivity contribution in [3.05, 3.63) is 188 Å². The number of fused-ring (bicyclic) bond motifs is 4. The molecule has 0 saturated carbocycles. The second-order valence-corrected chi connectivity index (χ2v) is 14.9. The van der Waals surface area contributed by atoms with Gasteiger partial charge < -0.3 is 19.1 Å². The average molecular weight is 936 g/mol. The van der Waals surface area contributed by atoms with Gasteiger partial charge in [0, 0.05) is 73.5 Å². The molecular formula is C50H37N6OPt-3. The normalized spacial score (nSPS) is 13.2. The third-order valence-electron chi connectivity index (χ3n) is 10.1. The van der Waals surface area contributed by atoms with Crippen LogP contribution in [-0.4, -0.2) is 19.5 Å². The zero-order valence-electron chi connectivity index (χ0n) is 34.8. The first-order chi connectivity index (χ1) is 29.2. The molecule has 0 fully saturated rings. The summed E-state index contributed by atoms with van der Waals surface area (Å²) in [6, 6.07) is 51.5. The smallest absolute Gasteiger partial charge is 0.145 e. The minimum Gasteiger partial charge on any atom is -0.509 e. The van der Waals surface area contributed by atoms with Gasteiger partial charge in [0.15, 0.2) is 0 Å². The van der Waals surface area contributed by atoms with E-state index in [4.69, 9.17) is 17.4 Å². The van der Waals surface area contributed by atoms with E-state index in [0.717, 1.165) is 44.2 Å². The molecule has 3 aromatic heterocycles. The number of hydrogen-bond acceptors (Lipinski definition) is 6. The van der Waals surface area contributed by atoms with E-state index in [0.29, 0.717) is 39.9 Å². The summed E-state index contributed by atoms with van der Waals surface area (Å²) < 4.78 is 34.9. The summed E-state index contributed by atoms with van der Waals surface area (Å²) in [6.45, 7) is 7.85. The van der Waals surface area contributed by atoms with Gasteiger partial charge >= 0.3 is 0 Å². The van der Waals surface area contributed by atoms with Crippen molar-refractivity contribution in [2.24, 2.45) is 0 Å². The van der Waals surface area contributed by atoms with E-state index in [2.05, 4.69) is 64.5 Å². The summed E-state index contributed by atoms with van der Waals surface area (Å²) in [5.41, 5.74) is 7.29. The number of para-hydroxylation sites is 2.